The predicted molar refractivity (Wildman–Crippen MR) is 100 cm³/mol. The van der Waals surface area contributed by atoms with Crippen molar-refractivity contribution in [1.29, 1.82) is 0 Å². The Morgan fingerprint density at radius 1 is 1.04 bits per heavy atom. The number of hydrogen-bond donors (Lipinski definition) is 1. The number of rotatable bonds is 13. The highest BCUT2D eigenvalue weighted by atomic mass is 16.5. The van der Waals surface area contributed by atoms with Crippen LogP contribution in [-0.4, -0.2) is 17.7 Å². The molecule has 0 saturated heterocycles. The number of ether oxygens (including phenoxy) is 1. The third kappa shape index (κ3) is 6.94. The van der Waals surface area contributed by atoms with E-state index in [0.717, 1.165) is 24.8 Å². The topological polar surface area (TPSA) is 46.5 Å². The van der Waals surface area contributed by atoms with Gasteiger partial charge < -0.3 is 9.84 Å². The lowest BCUT2D eigenvalue weighted by molar-refractivity contribution is 0.0692. The number of carbonyl (C=O) groups is 1. The van der Waals surface area contributed by atoms with E-state index in [0.29, 0.717) is 18.3 Å². The van der Waals surface area contributed by atoms with Gasteiger partial charge in [0.05, 0.1) is 6.61 Å². The van der Waals surface area contributed by atoms with Crippen LogP contribution in [0.15, 0.2) is 18.2 Å². The number of unbranched alkanes of at least 4 members (excludes halogenated alkanes) is 7. The monoisotopic (exact) mass is 334 g/mol. The van der Waals surface area contributed by atoms with Crippen LogP contribution in [0.4, 0.5) is 0 Å². The molecular weight excluding hydrogens is 300 g/mol. The largest absolute Gasteiger partial charge is 0.492 e. The molecule has 0 aromatic heterocycles. The van der Waals surface area contributed by atoms with Gasteiger partial charge >= 0.3 is 5.97 Å². The quantitative estimate of drug-likeness (QED) is 0.423. The molecule has 1 rings (SSSR count). The lowest BCUT2D eigenvalue weighted by Gasteiger charge is -2.18. The van der Waals surface area contributed by atoms with E-state index in [1.54, 1.807) is 6.07 Å². The second-order valence-corrected chi connectivity index (χ2v) is 6.66. The summed E-state index contributed by atoms with van der Waals surface area (Å²) in [5.41, 5.74) is 1.30. The minimum absolute atomic E-state index is 0.285. The molecule has 1 atom stereocenters. The first kappa shape index (κ1) is 20.5. The van der Waals surface area contributed by atoms with E-state index in [1.165, 1.54) is 38.5 Å². The fraction of sp³-hybridized carbons (Fsp3) is 0.667. The minimum Gasteiger partial charge on any atom is -0.492 e. The number of carboxylic acids is 1. The molecule has 24 heavy (non-hydrogen) atoms. The highest BCUT2D eigenvalue weighted by Gasteiger charge is 2.18. The maximum atomic E-state index is 11.5. The number of aromatic carboxylic acids is 1. The van der Waals surface area contributed by atoms with Crippen LogP contribution in [-0.2, 0) is 0 Å². The lowest BCUT2D eigenvalue weighted by Crippen LogP contribution is -2.08. The molecule has 0 heterocycles. The van der Waals surface area contributed by atoms with Crippen molar-refractivity contribution >= 4 is 5.97 Å². The highest BCUT2D eigenvalue weighted by Crippen LogP contribution is 2.32. The second-order valence-electron chi connectivity index (χ2n) is 6.66. The molecule has 0 amide bonds. The van der Waals surface area contributed by atoms with Crippen molar-refractivity contribution in [2.75, 3.05) is 6.61 Å². The van der Waals surface area contributed by atoms with Crippen LogP contribution in [0.5, 0.6) is 5.75 Å². The molecule has 3 nitrogen and oxygen atoms in total. The Bertz CT molecular complexity index is 482. The minimum atomic E-state index is -0.911. The molecule has 0 spiro atoms. The summed E-state index contributed by atoms with van der Waals surface area (Å²) in [6.07, 6.45) is 10.9. The average Bonchev–Trinajstić information content (AvgIpc) is 2.59. The molecule has 0 saturated carbocycles. The average molecular weight is 335 g/mol. The van der Waals surface area contributed by atoms with Crippen LogP contribution in [0.25, 0.3) is 0 Å². The molecule has 0 aliphatic heterocycles. The van der Waals surface area contributed by atoms with E-state index in [1.807, 2.05) is 12.1 Å². The van der Waals surface area contributed by atoms with Gasteiger partial charge in [-0.2, -0.15) is 0 Å². The summed E-state index contributed by atoms with van der Waals surface area (Å²) in [5.74, 6) is -0.0359. The number of carboxylic acid groups (broad SMARTS) is 1. The predicted octanol–water partition coefficient (Wildman–Crippen LogP) is 6.42. The van der Waals surface area contributed by atoms with Crippen molar-refractivity contribution in [3.63, 3.8) is 0 Å². The smallest absolute Gasteiger partial charge is 0.339 e. The van der Waals surface area contributed by atoms with Gasteiger partial charge in [0.1, 0.15) is 11.3 Å². The zero-order valence-electron chi connectivity index (χ0n) is 15.6. The molecule has 0 bridgehead atoms. The van der Waals surface area contributed by atoms with Crippen molar-refractivity contribution in [3.05, 3.63) is 29.3 Å². The first-order chi connectivity index (χ1) is 11.6. The van der Waals surface area contributed by atoms with Crippen molar-refractivity contribution in [2.24, 2.45) is 0 Å². The Balaban J connectivity index is 2.47. The zero-order chi connectivity index (χ0) is 17.8. The van der Waals surface area contributed by atoms with Gasteiger partial charge in [0.15, 0.2) is 0 Å². The number of para-hydroxylation sites is 1. The van der Waals surface area contributed by atoms with Gasteiger partial charge in [0, 0.05) is 0 Å². The molecule has 0 radical (unpaired) electrons. The summed E-state index contributed by atoms with van der Waals surface area (Å²) < 4.78 is 5.92. The SMILES string of the molecule is CCCCCCCCCCOc1c(C(=O)O)cccc1C(C)CC. The molecule has 1 N–H and O–H groups in total. The van der Waals surface area contributed by atoms with E-state index in [2.05, 4.69) is 20.8 Å². The van der Waals surface area contributed by atoms with Gasteiger partial charge in [-0.1, -0.05) is 77.8 Å². The Morgan fingerprint density at radius 2 is 1.67 bits per heavy atom. The zero-order valence-corrected chi connectivity index (χ0v) is 15.6. The van der Waals surface area contributed by atoms with Crippen molar-refractivity contribution < 1.29 is 14.6 Å². The summed E-state index contributed by atoms with van der Waals surface area (Å²) in [6.45, 7) is 7.06. The summed E-state index contributed by atoms with van der Waals surface area (Å²) in [6, 6.07) is 5.44. The molecule has 0 fully saturated rings. The van der Waals surface area contributed by atoms with Crippen LogP contribution in [0, 0.1) is 0 Å². The maximum absolute atomic E-state index is 11.5. The Kier molecular flexibility index (Phi) is 10.2. The normalized spacial score (nSPS) is 12.1. The first-order valence-corrected chi connectivity index (χ1v) is 9.60. The molecule has 3 heteroatoms. The Morgan fingerprint density at radius 3 is 2.25 bits per heavy atom. The van der Waals surface area contributed by atoms with Gasteiger partial charge in [-0.3, -0.25) is 0 Å². The van der Waals surface area contributed by atoms with E-state index < -0.39 is 5.97 Å². The Hall–Kier alpha value is -1.51. The number of benzene rings is 1. The van der Waals surface area contributed by atoms with Gasteiger partial charge in [0.2, 0.25) is 0 Å². The molecular formula is C21H34O3. The van der Waals surface area contributed by atoms with Gasteiger partial charge in [0.25, 0.3) is 0 Å². The van der Waals surface area contributed by atoms with Crippen LogP contribution in [0.3, 0.4) is 0 Å². The van der Waals surface area contributed by atoms with E-state index in [9.17, 15) is 9.90 Å². The molecule has 0 aliphatic carbocycles. The summed E-state index contributed by atoms with van der Waals surface area (Å²) >= 11 is 0. The molecule has 1 unspecified atom stereocenters. The fourth-order valence-electron chi connectivity index (χ4n) is 2.90. The summed E-state index contributed by atoms with van der Waals surface area (Å²) in [5, 5.41) is 9.41. The second kappa shape index (κ2) is 11.9. The van der Waals surface area contributed by atoms with Crippen molar-refractivity contribution in [2.45, 2.75) is 84.5 Å². The van der Waals surface area contributed by atoms with Crippen LogP contribution in [0.2, 0.25) is 0 Å². The standard InChI is InChI=1S/C21H34O3/c1-4-6-7-8-9-10-11-12-16-24-20-18(17(3)5-2)14-13-15-19(20)21(22)23/h13-15,17H,4-12,16H2,1-3H3,(H,22,23). The fourth-order valence-corrected chi connectivity index (χ4v) is 2.90. The van der Waals surface area contributed by atoms with E-state index >= 15 is 0 Å². The summed E-state index contributed by atoms with van der Waals surface area (Å²) in [4.78, 5) is 11.5. The third-order valence-corrected chi connectivity index (χ3v) is 4.66. The van der Waals surface area contributed by atoms with Gasteiger partial charge in [-0.05, 0) is 30.4 Å². The third-order valence-electron chi connectivity index (χ3n) is 4.66. The van der Waals surface area contributed by atoms with Crippen LogP contribution >= 0.6 is 0 Å². The van der Waals surface area contributed by atoms with E-state index in [-0.39, 0.29) is 5.56 Å². The van der Waals surface area contributed by atoms with Crippen LogP contribution < -0.4 is 4.74 Å². The first-order valence-electron chi connectivity index (χ1n) is 9.60. The molecule has 1 aromatic rings. The van der Waals surface area contributed by atoms with Crippen LogP contribution in [0.1, 0.15) is 100 Å². The van der Waals surface area contributed by atoms with E-state index in [4.69, 9.17) is 4.74 Å². The van der Waals surface area contributed by atoms with Gasteiger partial charge in [-0.25, -0.2) is 4.79 Å². The maximum Gasteiger partial charge on any atom is 0.339 e. The Labute approximate surface area is 147 Å². The van der Waals surface area contributed by atoms with Crippen molar-refractivity contribution in [1.82, 2.24) is 0 Å². The van der Waals surface area contributed by atoms with Gasteiger partial charge in [-0.15, -0.1) is 0 Å². The molecule has 0 aliphatic rings. The number of hydrogen-bond acceptors (Lipinski definition) is 2. The lowest BCUT2D eigenvalue weighted by atomic mass is 9.95. The van der Waals surface area contributed by atoms with Crippen molar-refractivity contribution in [3.8, 4) is 5.75 Å². The highest BCUT2D eigenvalue weighted by molar-refractivity contribution is 5.91. The molecule has 136 valence electrons. The summed E-state index contributed by atoms with van der Waals surface area (Å²) in [7, 11) is 0. The molecule has 1 aromatic carbocycles.